The van der Waals surface area contributed by atoms with Crippen molar-refractivity contribution in [2.45, 2.75) is 0 Å². The van der Waals surface area contributed by atoms with Crippen molar-refractivity contribution in [1.29, 1.82) is 0 Å². The summed E-state index contributed by atoms with van der Waals surface area (Å²) < 4.78 is 4.55. The van der Waals surface area contributed by atoms with Crippen molar-refractivity contribution in [1.82, 2.24) is 20.0 Å². The van der Waals surface area contributed by atoms with Gasteiger partial charge in [-0.05, 0) is 6.07 Å². The summed E-state index contributed by atoms with van der Waals surface area (Å²) in [4.78, 5) is 16.5. The fourth-order valence-corrected chi connectivity index (χ4v) is 1.37. The number of pyridine rings is 1. The van der Waals surface area contributed by atoms with Crippen LogP contribution in [0.25, 0.3) is 5.82 Å². The van der Waals surface area contributed by atoms with Gasteiger partial charge in [0, 0.05) is 6.20 Å². The van der Waals surface area contributed by atoms with E-state index in [0.29, 0.717) is 5.82 Å². The second-order valence-corrected chi connectivity index (χ2v) is 3.25. The molecule has 16 heavy (non-hydrogen) atoms. The third-order valence-corrected chi connectivity index (χ3v) is 2.13. The van der Waals surface area contributed by atoms with Crippen LogP contribution in [0.3, 0.4) is 0 Å². The maximum Gasteiger partial charge on any atom is 0.339 e. The monoisotopic (exact) mass is 238 g/mol. The van der Waals surface area contributed by atoms with Gasteiger partial charge in [-0.15, -0.1) is 4.80 Å². The highest BCUT2D eigenvalue weighted by Crippen LogP contribution is 2.18. The summed E-state index contributed by atoms with van der Waals surface area (Å²) in [5.74, 6) is -0.131. The number of carbonyl (C=O) groups excluding carboxylic acids is 1. The first-order chi connectivity index (χ1) is 7.72. The van der Waals surface area contributed by atoms with Gasteiger partial charge in [0.15, 0.2) is 5.82 Å². The molecule has 6 nitrogen and oxygen atoms in total. The van der Waals surface area contributed by atoms with Gasteiger partial charge in [0.1, 0.15) is 0 Å². The van der Waals surface area contributed by atoms with E-state index in [0.717, 1.165) is 0 Å². The van der Waals surface area contributed by atoms with Crippen molar-refractivity contribution in [3.8, 4) is 5.82 Å². The quantitative estimate of drug-likeness (QED) is 0.733. The number of esters is 1. The number of ether oxygens (including phenoxy) is 1. The molecule has 0 saturated heterocycles. The van der Waals surface area contributed by atoms with E-state index in [9.17, 15) is 4.79 Å². The number of carbonyl (C=O) groups is 1. The molecule has 7 heteroatoms. The molecule has 0 unspecified atom stereocenters. The number of halogens is 1. The Kier molecular flexibility index (Phi) is 2.82. The fourth-order valence-electron chi connectivity index (χ4n) is 1.13. The van der Waals surface area contributed by atoms with Crippen LogP contribution >= 0.6 is 11.6 Å². The number of aromatic nitrogens is 4. The molecule has 2 aromatic rings. The average Bonchev–Trinajstić information content (AvgIpc) is 2.81. The molecule has 2 rings (SSSR count). The molecule has 0 aromatic carbocycles. The first kappa shape index (κ1) is 10.6. The normalized spacial score (nSPS) is 10.1. The van der Waals surface area contributed by atoms with E-state index in [2.05, 4.69) is 19.9 Å². The SMILES string of the molecule is COC(=O)c1cnc(-n2nccn2)c(Cl)c1. The van der Waals surface area contributed by atoms with Crippen LogP contribution < -0.4 is 0 Å². The summed E-state index contributed by atoms with van der Waals surface area (Å²) in [6.07, 6.45) is 4.37. The van der Waals surface area contributed by atoms with Gasteiger partial charge in [0.2, 0.25) is 0 Å². The Hall–Kier alpha value is -1.95. The lowest BCUT2D eigenvalue weighted by atomic mass is 10.3. The van der Waals surface area contributed by atoms with Gasteiger partial charge in [-0.3, -0.25) is 0 Å². The molecule has 0 aliphatic carbocycles. The lowest BCUT2D eigenvalue weighted by Gasteiger charge is -2.03. The Morgan fingerprint density at radius 2 is 2.12 bits per heavy atom. The van der Waals surface area contributed by atoms with Crippen LogP contribution in [0.2, 0.25) is 5.02 Å². The van der Waals surface area contributed by atoms with Crippen LogP contribution in [0, 0.1) is 0 Å². The van der Waals surface area contributed by atoms with Gasteiger partial charge in [-0.25, -0.2) is 9.78 Å². The molecule has 0 amide bonds. The summed E-state index contributed by atoms with van der Waals surface area (Å²) in [5, 5.41) is 8.05. The first-order valence-electron chi connectivity index (χ1n) is 4.33. The maximum absolute atomic E-state index is 11.2. The largest absolute Gasteiger partial charge is 0.465 e. The second-order valence-electron chi connectivity index (χ2n) is 2.84. The third kappa shape index (κ3) is 1.87. The predicted octanol–water partition coefficient (Wildman–Crippen LogP) is 1.10. The van der Waals surface area contributed by atoms with Crippen LogP contribution in [0.1, 0.15) is 10.4 Å². The zero-order chi connectivity index (χ0) is 11.5. The molecule has 0 atom stereocenters. The summed E-state index contributed by atoms with van der Waals surface area (Å²) in [6, 6.07) is 1.46. The van der Waals surface area contributed by atoms with Crippen LogP contribution in [0.15, 0.2) is 24.7 Å². The summed E-state index contributed by atoms with van der Waals surface area (Å²) in [6.45, 7) is 0. The zero-order valence-corrected chi connectivity index (χ0v) is 9.05. The molecule has 0 fully saturated rings. The molecule has 0 bridgehead atoms. The van der Waals surface area contributed by atoms with Crippen molar-refractivity contribution in [3.63, 3.8) is 0 Å². The van der Waals surface area contributed by atoms with Crippen LogP contribution in [-0.4, -0.2) is 33.1 Å². The smallest absolute Gasteiger partial charge is 0.339 e. The van der Waals surface area contributed by atoms with Crippen LogP contribution in [-0.2, 0) is 4.74 Å². The summed E-state index contributed by atoms with van der Waals surface area (Å²) in [7, 11) is 1.29. The molecule has 2 aromatic heterocycles. The third-order valence-electron chi connectivity index (χ3n) is 1.85. The van der Waals surface area contributed by atoms with Crippen molar-refractivity contribution in [2.24, 2.45) is 0 Å². The molecule has 0 saturated carbocycles. The van der Waals surface area contributed by atoms with E-state index in [1.807, 2.05) is 0 Å². The van der Waals surface area contributed by atoms with E-state index in [-0.39, 0.29) is 10.6 Å². The van der Waals surface area contributed by atoms with E-state index in [4.69, 9.17) is 11.6 Å². The van der Waals surface area contributed by atoms with Crippen LogP contribution in [0.5, 0.6) is 0 Å². The van der Waals surface area contributed by atoms with Gasteiger partial charge in [0.05, 0.1) is 30.1 Å². The van der Waals surface area contributed by atoms with Crippen molar-refractivity contribution in [2.75, 3.05) is 7.11 Å². The molecule has 0 spiro atoms. The van der Waals surface area contributed by atoms with Gasteiger partial charge >= 0.3 is 5.97 Å². The van der Waals surface area contributed by atoms with Gasteiger partial charge in [-0.1, -0.05) is 11.6 Å². The zero-order valence-electron chi connectivity index (χ0n) is 8.29. The lowest BCUT2D eigenvalue weighted by Crippen LogP contribution is -2.06. The Balaban J connectivity index is 2.41. The maximum atomic E-state index is 11.2. The minimum atomic E-state index is -0.491. The highest BCUT2D eigenvalue weighted by molar-refractivity contribution is 6.32. The van der Waals surface area contributed by atoms with E-state index >= 15 is 0 Å². The molecular weight excluding hydrogens is 232 g/mol. The molecule has 82 valence electrons. The van der Waals surface area contributed by atoms with E-state index in [1.165, 1.54) is 36.6 Å². The number of hydrogen-bond acceptors (Lipinski definition) is 5. The number of hydrogen-bond donors (Lipinski definition) is 0. The Morgan fingerprint density at radius 1 is 1.44 bits per heavy atom. The van der Waals surface area contributed by atoms with Gasteiger partial charge < -0.3 is 4.74 Å². The number of rotatable bonds is 2. The fraction of sp³-hybridized carbons (Fsp3) is 0.111. The Labute approximate surface area is 95.8 Å². The molecule has 0 aliphatic rings. The summed E-state index contributed by atoms with van der Waals surface area (Å²) >= 11 is 5.95. The van der Waals surface area contributed by atoms with Crippen LogP contribution in [0.4, 0.5) is 0 Å². The first-order valence-corrected chi connectivity index (χ1v) is 4.70. The Bertz CT molecular complexity index is 512. The van der Waals surface area contributed by atoms with E-state index in [1.54, 1.807) is 0 Å². The minimum absolute atomic E-state index is 0.277. The van der Waals surface area contributed by atoms with E-state index < -0.39 is 5.97 Å². The minimum Gasteiger partial charge on any atom is -0.465 e. The standard InChI is InChI=1S/C9H7ClN4O2/c1-16-9(15)6-4-7(10)8(11-5-6)14-12-2-3-13-14/h2-5H,1H3. The average molecular weight is 239 g/mol. The van der Waals surface area contributed by atoms with Crippen molar-refractivity contribution in [3.05, 3.63) is 35.2 Å². The van der Waals surface area contributed by atoms with Crippen molar-refractivity contribution >= 4 is 17.6 Å². The van der Waals surface area contributed by atoms with Gasteiger partial charge in [-0.2, -0.15) is 10.2 Å². The Morgan fingerprint density at radius 3 is 2.69 bits per heavy atom. The predicted molar refractivity (Wildman–Crippen MR) is 55.5 cm³/mol. The summed E-state index contributed by atoms with van der Waals surface area (Å²) in [5.41, 5.74) is 0.281. The molecule has 0 radical (unpaired) electrons. The number of methoxy groups -OCH3 is 1. The molecule has 0 N–H and O–H groups in total. The molecule has 0 aliphatic heterocycles. The highest BCUT2D eigenvalue weighted by atomic mass is 35.5. The molecular formula is C9H7ClN4O2. The van der Waals surface area contributed by atoms with Gasteiger partial charge in [0.25, 0.3) is 0 Å². The topological polar surface area (TPSA) is 69.9 Å². The number of nitrogens with zero attached hydrogens (tertiary/aromatic N) is 4. The molecule has 2 heterocycles. The lowest BCUT2D eigenvalue weighted by molar-refractivity contribution is 0.0600. The highest BCUT2D eigenvalue weighted by Gasteiger charge is 2.11. The van der Waals surface area contributed by atoms with Crippen molar-refractivity contribution < 1.29 is 9.53 Å². The second kappa shape index (κ2) is 4.28.